The Balaban J connectivity index is 0.000000292. The van der Waals surface area contributed by atoms with Crippen LogP contribution in [0.25, 0.3) is 10.8 Å². The molecular formula is C29H20F9IO6S. The zero-order valence-electron chi connectivity index (χ0n) is 23.2. The van der Waals surface area contributed by atoms with Crippen molar-refractivity contribution in [3.05, 3.63) is 103 Å². The van der Waals surface area contributed by atoms with Crippen molar-refractivity contribution in [2.24, 2.45) is 0 Å². The number of ketones is 1. The summed E-state index contributed by atoms with van der Waals surface area (Å²) in [7, 11) is -4.16. The molecule has 0 heterocycles. The lowest BCUT2D eigenvalue weighted by Gasteiger charge is -2.34. The van der Waals surface area contributed by atoms with Gasteiger partial charge in [-0.2, -0.15) is 39.5 Å². The molecule has 0 amide bonds. The molecule has 0 bridgehead atoms. The minimum Gasteiger partial charge on any atom is -0.743 e. The van der Waals surface area contributed by atoms with Gasteiger partial charge in [0.25, 0.3) is 0 Å². The van der Waals surface area contributed by atoms with E-state index in [1.165, 1.54) is 7.14 Å². The Bertz CT molecular complexity index is 1800. The third-order valence-electron chi connectivity index (χ3n) is 6.14. The normalized spacial score (nSPS) is 12.7. The second kappa shape index (κ2) is 13.6. The van der Waals surface area contributed by atoms with E-state index in [0.717, 1.165) is 16.5 Å². The van der Waals surface area contributed by atoms with E-state index in [-0.39, 0.29) is 27.0 Å². The number of rotatable bonds is 9. The number of hydrogen-bond acceptors (Lipinski definition) is 6. The summed E-state index contributed by atoms with van der Waals surface area (Å²) in [5, 5.41) is -5.39. The van der Waals surface area contributed by atoms with Crippen LogP contribution in [0.3, 0.4) is 0 Å². The van der Waals surface area contributed by atoms with E-state index in [4.69, 9.17) is 9.47 Å². The number of ether oxygens (including phenoxy) is 2. The maximum absolute atomic E-state index is 13.3. The highest BCUT2D eigenvalue weighted by atomic mass is 127. The molecule has 0 aliphatic heterocycles. The van der Waals surface area contributed by atoms with Crippen molar-refractivity contribution in [1.29, 1.82) is 0 Å². The van der Waals surface area contributed by atoms with Crippen LogP contribution in [0.1, 0.15) is 15.9 Å². The van der Waals surface area contributed by atoms with Gasteiger partial charge < -0.3 is 14.0 Å². The van der Waals surface area contributed by atoms with Crippen LogP contribution >= 0.6 is 0 Å². The van der Waals surface area contributed by atoms with Crippen LogP contribution < -0.4 is 30.7 Å². The third kappa shape index (κ3) is 7.35. The number of hydrogen-bond donors (Lipinski definition) is 0. The van der Waals surface area contributed by atoms with Gasteiger partial charge in [0, 0.05) is 21.9 Å². The summed E-state index contributed by atoms with van der Waals surface area (Å²) in [5.41, 5.74) is 1.32. The molecule has 0 radical (unpaired) electrons. The van der Waals surface area contributed by atoms with Crippen molar-refractivity contribution in [1.82, 2.24) is 0 Å². The van der Waals surface area contributed by atoms with Gasteiger partial charge in [-0.05, 0) is 66.7 Å². The number of benzene rings is 4. The van der Waals surface area contributed by atoms with Crippen LogP contribution in [0.4, 0.5) is 39.5 Å². The topological polar surface area (TPSA) is 92.7 Å². The standard InChI is InChI=1S/C25H20IO3.C4HF9O3S/c1-28-20-12-13-21-23(16-20)22(14-15-24(21)29-2)25(27)17-8-10-19(11-9-17)26-18-6-4-3-5-7-18;5-1(6,3(9,10)11)2(7,8)4(12,13)17(14,15)16/h3-16H,1-2H3;(H,14,15,16)/q+1;/p-1. The Labute approximate surface area is 266 Å². The average molecular weight is 794 g/mol. The number of halogens is 10. The highest BCUT2D eigenvalue weighted by molar-refractivity contribution is 7.86. The molecule has 0 aliphatic carbocycles. The highest BCUT2D eigenvalue weighted by Gasteiger charge is 2.83. The lowest BCUT2D eigenvalue weighted by molar-refractivity contribution is -0.597. The van der Waals surface area contributed by atoms with Crippen LogP contribution in [0.5, 0.6) is 11.5 Å². The van der Waals surface area contributed by atoms with Crippen LogP contribution in [0, 0.1) is 7.14 Å². The van der Waals surface area contributed by atoms with E-state index in [9.17, 15) is 57.3 Å². The number of alkyl halides is 9. The van der Waals surface area contributed by atoms with E-state index in [1.807, 2.05) is 48.5 Å². The smallest absolute Gasteiger partial charge is 0.460 e. The molecule has 4 aromatic rings. The second-order valence-corrected chi connectivity index (χ2v) is 13.5. The first kappa shape index (κ1) is 36.9. The van der Waals surface area contributed by atoms with Crippen molar-refractivity contribution in [3.8, 4) is 11.5 Å². The highest BCUT2D eigenvalue weighted by Crippen LogP contribution is 2.54. The summed E-state index contributed by atoms with van der Waals surface area (Å²) in [6.45, 7) is 0. The Kier molecular flexibility index (Phi) is 10.9. The first-order chi connectivity index (χ1) is 21.2. The number of fused-ring (bicyclic) bond motifs is 1. The molecule has 17 heteroatoms. The molecule has 6 nitrogen and oxygen atoms in total. The summed E-state index contributed by atoms with van der Waals surface area (Å²) in [6, 6.07) is 27.8. The largest absolute Gasteiger partial charge is 0.743 e. The average Bonchev–Trinajstić information content (AvgIpc) is 2.99. The SMILES string of the molecule is COc1ccc2c(OC)ccc(C(=O)c3ccc([I+]c4ccccc4)cc3)c2c1.O=S(=O)([O-])C(F)(F)C(F)(F)C(F)(F)C(F)(F)F. The zero-order chi connectivity index (χ0) is 34.7. The van der Waals surface area contributed by atoms with Crippen LogP contribution in [0.2, 0.25) is 0 Å². The van der Waals surface area contributed by atoms with Gasteiger partial charge >= 0.3 is 44.5 Å². The minimum atomic E-state index is -7.43. The monoisotopic (exact) mass is 794 g/mol. The molecule has 0 fully saturated rings. The summed E-state index contributed by atoms with van der Waals surface area (Å²) in [4.78, 5) is 13.3. The molecule has 0 N–H and O–H groups in total. The van der Waals surface area contributed by atoms with E-state index < -0.39 is 33.4 Å². The van der Waals surface area contributed by atoms with E-state index in [2.05, 4.69) is 36.4 Å². The fraction of sp³-hybridized carbons (Fsp3) is 0.207. The van der Waals surface area contributed by atoms with Crippen molar-refractivity contribution in [3.63, 3.8) is 0 Å². The molecular weight excluding hydrogens is 774 g/mol. The summed E-state index contributed by atoms with van der Waals surface area (Å²) >= 11 is -0.246. The Morgan fingerprint density at radius 3 is 1.76 bits per heavy atom. The summed E-state index contributed by atoms with van der Waals surface area (Å²) in [5.74, 6) is -13.4. The molecule has 0 saturated heterocycles. The van der Waals surface area contributed by atoms with Gasteiger partial charge in [-0.3, -0.25) is 4.79 Å². The summed E-state index contributed by atoms with van der Waals surface area (Å²) < 4.78 is 149. The van der Waals surface area contributed by atoms with Crippen LogP contribution in [0.15, 0.2) is 84.9 Å². The van der Waals surface area contributed by atoms with Crippen molar-refractivity contribution in [2.45, 2.75) is 23.3 Å². The Morgan fingerprint density at radius 2 is 1.26 bits per heavy atom. The van der Waals surface area contributed by atoms with Gasteiger partial charge in [0.2, 0.25) is 0 Å². The molecule has 0 unspecified atom stereocenters. The first-order valence-corrected chi connectivity index (χ1v) is 15.9. The van der Waals surface area contributed by atoms with Crippen molar-refractivity contribution >= 4 is 26.7 Å². The van der Waals surface area contributed by atoms with Crippen LogP contribution in [-0.2, 0) is 10.1 Å². The Hall–Kier alpha value is -3.58. The maximum atomic E-state index is 13.3. The fourth-order valence-corrected chi connectivity index (χ4v) is 6.40. The number of methoxy groups -OCH3 is 2. The van der Waals surface area contributed by atoms with Crippen molar-refractivity contribution < 1.29 is 88.0 Å². The lowest BCUT2D eigenvalue weighted by atomic mass is 9.96. The molecule has 0 aliphatic rings. The first-order valence-electron chi connectivity index (χ1n) is 12.3. The Morgan fingerprint density at radius 1 is 0.696 bits per heavy atom. The molecule has 0 spiro atoms. The molecule has 4 rings (SSSR count). The molecule has 0 saturated carbocycles. The van der Waals surface area contributed by atoms with E-state index >= 15 is 0 Å². The number of carbonyl (C=O) groups excluding carboxylic acids is 1. The van der Waals surface area contributed by atoms with Crippen LogP contribution in [-0.4, -0.2) is 56.2 Å². The van der Waals surface area contributed by atoms with Gasteiger partial charge in [-0.1, -0.05) is 18.2 Å². The molecule has 0 atom stereocenters. The molecule has 248 valence electrons. The van der Waals surface area contributed by atoms with Gasteiger partial charge in [-0.25, -0.2) is 8.42 Å². The van der Waals surface area contributed by atoms with E-state index in [0.29, 0.717) is 16.9 Å². The predicted octanol–water partition coefficient (Wildman–Crippen LogP) is 4.17. The molecule has 46 heavy (non-hydrogen) atoms. The van der Waals surface area contributed by atoms with Crippen molar-refractivity contribution in [2.75, 3.05) is 14.2 Å². The summed E-state index contributed by atoms with van der Waals surface area (Å²) in [6.07, 6.45) is -7.16. The van der Waals surface area contributed by atoms with Gasteiger partial charge in [-0.15, -0.1) is 0 Å². The van der Waals surface area contributed by atoms with E-state index in [1.54, 1.807) is 14.2 Å². The third-order valence-corrected chi connectivity index (χ3v) is 9.70. The second-order valence-electron chi connectivity index (χ2n) is 9.07. The van der Waals surface area contributed by atoms with Gasteiger partial charge in [0.05, 0.1) is 14.2 Å². The molecule has 0 aromatic heterocycles. The molecule has 4 aromatic carbocycles. The zero-order valence-corrected chi connectivity index (χ0v) is 26.2. The number of carbonyl (C=O) groups is 1. The maximum Gasteiger partial charge on any atom is 0.460 e. The quantitative estimate of drug-likeness (QED) is 0.109. The fourth-order valence-electron chi connectivity index (χ4n) is 3.74. The van der Waals surface area contributed by atoms with Gasteiger partial charge in [0.1, 0.15) is 11.5 Å². The van der Waals surface area contributed by atoms with Gasteiger partial charge in [0.15, 0.2) is 23.0 Å². The predicted molar refractivity (Wildman–Crippen MR) is 141 cm³/mol. The minimum absolute atomic E-state index is 0.00429. The lowest BCUT2D eigenvalue weighted by Crippen LogP contribution is -3.61.